The van der Waals surface area contributed by atoms with E-state index in [2.05, 4.69) is 48.6 Å². The van der Waals surface area contributed by atoms with Crippen LogP contribution in [0.3, 0.4) is 0 Å². The van der Waals surface area contributed by atoms with Crippen LogP contribution < -0.4 is 0 Å². The highest BCUT2D eigenvalue weighted by atomic mass is 14.2. The molecule has 0 spiro atoms. The average Bonchev–Trinajstić information content (AvgIpc) is 2.48. The number of hydrogen-bond donors (Lipinski definition) is 0. The summed E-state index contributed by atoms with van der Waals surface area (Å²) < 4.78 is 0. The molecule has 0 heterocycles. The Kier molecular flexibility index (Phi) is 2.06. The van der Waals surface area contributed by atoms with Gasteiger partial charge in [0.1, 0.15) is 0 Å². The fourth-order valence-electron chi connectivity index (χ4n) is 2.44. The second-order valence-corrected chi connectivity index (χ2v) is 4.14. The van der Waals surface area contributed by atoms with Crippen molar-refractivity contribution < 1.29 is 0 Å². The largest absolute Gasteiger partial charge is 0.0839 e. The number of allylic oxidation sites excluding steroid dienone is 5. The maximum Gasteiger partial charge on any atom is -0.00913 e. The van der Waals surface area contributed by atoms with Gasteiger partial charge in [-0.1, -0.05) is 48.6 Å². The van der Waals surface area contributed by atoms with Crippen molar-refractivity contribution >= 4 is 11.6 Å². The molecule has 0 fully saturated rings. The molecule has 0 bridgehead atoms. The van der Waals surface area contributed by atoms with Crippen molar-refractivity contribution in [1.29, 1.82) is 0 Å². The van der Waals surface area contributed by atoms with Crippen molar-refractivity contribution in [1.82, 2.24) is 0 Å². The van der Waals surface area contributed by atoms with Gasteiger partial charge in [-0.2, -0.15) is 0 Å². The summed E-state index contributed by atoms with van der Waals surface area (Å²) in [6, 6.07) is 8.72. The van der Waals surface area contributed by atoms with E-state index in [-0.39, 0.29) is 0 Å². The Morgan fingerprint density at radius 2 is 1.87 bits per heavy atom. The zero-order valence-corrected chi connectivity index (χ0v) is 8.74. The highest BCUT2D eigenvalue weighted by molar-refractivity contribution is 5.80. The Labute approximate surface area is 90.6 Å². The first-order chi connectivity index (χ1) is 7.45. The molecule has 15 heavy (non-hydrogen) atoms. The maximum atomic E-state index is 2.30. The molecule has 0 amide bonds. The fraction of sp³-hybridized carbons (Fsp3) is 0.200. The van der Waals surface area contributed by atoms with Gasteiger partial charge in [0.05, 0.1) is 0 Å². The van der Waals surface area contributed by atoms with Gasteiger partial charge in [0.15, 0.2) is 0 Å². The molecule has 0 aromatic heterocycles. The summed E-state index contributed by atoms with van der Waals surface area (Å²) in [6.45, 7) is 0. The highest BCUT2D eigenvalue weighted by Crippen LogP contribution is 2.34. The number of fused-ring (bicyclic) bond motifs is 2. The quantitative estimate of drug-likeness (QED) is 0.580. The van der Waals surface area contributed by atoms with Crippen LogP contribution in [-0.2, 0) is 0 Å². The molecule has 1 aromatic carbocycles. The van der Waals surface area contributed by atoms with Gasteiger partial charge in [0.25, 0.3) is 0 Å². The molecule has 3 rings (SSSR count). The predicted octanol–water partition coefficient (Wildman–Crippen LogP) is 4.21. The topological polar surface area (TPSA) is 0 Å². The van der Waals surface area contributed by atoms with Crippen LogP contribution in [0.2, 0.25) is 0 Å². The maximum absolute atomic E-state index is 2.30. The SMILES string of the molecule is C1=CC2=C(CC1)c1ccccc1C=CC2. The van der Waals surface area contributed by atoms with E-state index in [4.69, 9.17) is 0 Å². The monoisotopic (exact) mass is 194 g/mol. The molecule has 0 aliphatic heterocycles. The van der Waals surface area contributed by atoms with E-state index >= 15 is 0 Å². The molecule has 0 N–H and O–H groups in total. The first kappa shape index (κ1) is 8.72. The van der Waals surface area contributed by atoms with Crippen LogP contribution in [0.4, 0.5) is 0 Å². The summed E-state index contributed by atoms with van der Waals surface area (Å²) in [7, 11) is 0. The molecular formula is C15H14. The highest BCUT2D eigenvalue weighted by Gasteiger charge is 2.13. The second-order valence-electron chi connectivity index (χ2n) is 4.14. The van der Waals surface area contributed by atoms with Gasteiger partial charge in [0.2, 0.25) is 0 Å². The van der Waals surface area contributed by atoms with Gasteiger partial charge < -0.3 is 0 Å². The first-order valence-electron chi connectivity index (χ1n) is 5.59. The minimum Gasteiger partial charge on any atom is -0.0839 e. The zero-order chi connectivity index (χ0) is 10.1. The summed E-state index contributed by atoms with van der Waals surface area (Å²) in [5, 5.41) is 0. The van der Waals surface area contributed by atoms with Crippen molar-refractivity contribution in [2.45, 2.75) is 19.3 Å². The van der Waals surface area contributed by atoms with Crippen LogP contribution in [-0.4, -0.2) is 0 Å². The van der Waals surface area contributed by atoms with Gasteiger partial charge in [-0.25, -0.2) is 0 Å². The summed E-state index contributed by atoms with van der Waals surface area (Å²) >= 11 is 0. The van der Waals surface area contributed by atoms with Crippen molar-refractivity contribution in [2.24, 2.45) is 0 Å². The lowest BCUT2D eigenvalue weighted by Gasteiger charge is -2.15. The lowest BCUT2D eigenvalue weighted by molar-refractivity contribution is 1.02. The van der Waals surface area contributed by atoms with Crippen LogP contribution in [0.5, 0.6) is 0 Å². The van der Waals surface area contributed by atoms with Gasteiger partial charge in [-0.3, -0.25) is 0 Å². The van der Waals surface area contributed by atoms with Gasteiger partial charge in [-0.15, -0.1) is 0 Å². The number of rotatable bonds is 0. The summed E-state index contributed by atoms with van der Waals surface area (Å²) in [4.78, 5) is 0. The molecule has 0 unspecified atom stereocenters. The normalized spacial score (nSPS) is 18.4. The van der Waals surface area contributed by atoms with Crippen molar-refractivity contribution in [3.05, 3.63) is 59.2 Å². The van der Waals surface area contributed by atoms with Gasteiger partial charge in [-0.05, 0) is 41.5 Å². The van der Waals surface area contributed by atoms with Gasteiger partial charge >= 0.3 is 0 Å². The minimum atomic E-state index is 1.08. The molecule has 1 aromatic rings. The third-order valence-electron chi connectivity index (χ3n) is 3.19. The summed E-state index contributed by atoms with van der Waals surface area (Å²) in [5.41, 5.74) is 5.86. The summed E-state index contributed by atoms with van der Waals surface area (Å²) in [6.07, 6.45) is 12.6. The van der Waals surface area contributed by atoms with Gasteiger partial charge in [0, 0.05) is 0 Å². The molecular weight excluding hydrogens is 180 g/mol. The van der Waals surface area contributed by atoms with E-state index in [1.165, 1.54) is 29.5 Å². The van der Waals surface area contributed by atoms with E-state index in [1.54, 1.807) is 5.57 Å². The second kappa shape index (κ2) is 3.54. The molecule has 0 radical (unpaired) electrons. The number of benzene rings is 1. The van der Waals surface area contributed by atoms with Crippen molar-refractivity contribution in [3.63, 3.8) is 0 Å². The van der Waals surface area contributed by atoms with Crippen molar-refractivity contribution in [3.8, 4) is 0 Å². The Morgan fingerprint density at radius 3 is 2.87 bits per heavy atom. The first-order valence-corrected chi connectivity index (χ1v) is 5.59. The smallest absolute Gasteiger partial charge is 0.00913 e. The third-order valence-corrected chi connectivity index (χ3v) is 3.19. The minimum absolute atomic E-state index is 1.08. The van der Waals surface area contributed by atoms with Crippen LogP contribution in [0, 0.1) is 0 Å². The molecule has 0 saturated carbocycles. The Hall–Kier alpha value is -1.56. The summed E-state index contributed by atoms with van der Waals surface area (Å²) in [5.74, 6) is 0. The van der Waals surface area contributed by atoms with Crippen LogP contribution in [0.15, 0.2) is 48.1 Å². The van der Waals surface area contributed by atoms with E-state index in [1.807, 2.05) is 0 Å². The molecule has 0 nitrogen and oxygen atoms in total. The van der Waals surface area contributed by atoms with E-state index in [0.29, 0.717) is 0 Å². The van der Waals surface area contributed by atoms with Crippen LogP contribution >= 0.6 is 0 Å². The van der Waals surface area contributed by atoms with E-state index in [0.717, 1.165) is 6.42 Å². The zero-order valence-electron chi connectivity index (χ0n) is 8.74. The van der Waals surface area contributed by atoms with E-state index < -0.39 is 0 Å². The molecule has 74 valence electrons. The molecule has 0 heteroatoms. The van der Waals surface area contributed by atoms with Crippen LogP contribution in [0.25, 0.3) is 11.6 Å². The molecule has 2 aliphatic rings. The fourth-order valence-corrected chi connectivity index (χ4v) is 2.44. The van der Waals surface area contributed by atoms with Crippen molar-refractivity contribution in [2.75, 3.05) is 0 Å². The Balaban J connectivity index is 2.23. The number of hydrogen-bond acceptors (Lipinski definition) is 0. The van der Waals surface area contributed by atoms with Crippen LogP contribution in [0.1, 0.15) is 30.4 Å². The van der Waals surface area contributed by atoms with E-state index in [9.17, 15) is 0 Å². The molecule has 2 aliphatic carbocycles. The predicted molar refractivity (Wildman–Crippen MR) is 65.4 cm³/mol. The lowest BCUT2D eigenvalue weighted by Crippen LogP contribution is -1.94. The Bertz CT molecular complexity index is 473. The Morgan fingerprint density at radius 1 is 0.933 bits per heavy atom. The third kappa shape index (κ3) is 1.46. The average molecular weight is 194 g/mol. The molecule has 0 saturated heterocycles. The lowest BCUT2D eigenvalue weighted by atomic mass is 9.90. The molecule has 0 atom stereocenters. The standard InChI is InChI=1S/C15H14/c1-3-10-14-12(6-1)8-5-9-13-7-2-4-11-15(13)14/h1-3,5-8,10H,4,9,11H2.